The summed E-state index contributed by atoms with van der Waals surface area (Å²) in [6, 6.07) is -0.307. The summed E-state index contributed by atoms with van der Waals surface area (Å²) in [6.45, 7) is 2.10. The second-order valence-corrected chi connectivity index (χ2v) is 3.73. The van der Waals surface area contributed by atoms with Gasteiger partial charge in [-0.2, -0.15) is 0 Å². The zero-order chi connectivity index (χ0) is 10.6. The third-order valence-electron chi connectivity index (χ3n) is 2.44. The first kappa shape index (κ1) is 11.0. The molecule has 0 aromatic heterocycles. The lowest BCUT2D eigenvalue weighted by atomic mass is 10.2. The highest BCUT2D eigenvalue weighted by atomic mass is 16.3. The van der Waals surface area contributed by atoms with Crippen LogP contribution in [0.5, 0.6) is 0 Å². The van der Waals surface area contributed by atoms with Gasteiger partial charge in [-0.25, -0.2) is 0 Å². The molecule has 0 saturated heterocycles. The van der Waals surface area contributed by atoms with Crippen molar-refractivity contribution in [3.8, 4) is 12.3 Å². The molecule has 0 aromatic carbocycles. The summed E-state index contributed by atoms with van der Waals surface area (Å²) in [7, 11) is 0. The van der Waals surface area contributed by atoms with E-state index in [1.54, 1.807) is 6.92 Å². The highest BCUT2D eigenvalue weighted by Gasteiger charge is 2.43. The summed E-state index contributed by atoms with van der Waals surface area (Å²) in [6.07, 6.45) is 6.87. The first-order valence-electron chi connectivity index (χ1n) is 4.73. The standard InChI is InChI=1S/C10H16N2O2/c1-3-6-11-9(14)8(2)12-10(7-13)4-5-10/h1,8,12-13H,4-7H2,2H3,(H,11,14). The van der Waals surface area contributed by atoms with Gasteiger partial charge in [0.05, 0.1) is 19.2 Å². The molecular formula is C10H16N2O2. The predicted molar refractivity (Wildman–Crippen MR) is 53.5 cm³/mol. The van der Waals surface area contributed by atoms with Gasteiger partial charge in [0.2, 0.25) is 5.91 Å². The number of rotatable bonds is 5. The fraction of sp³-hybridized carbons (Fsp3) is 0.700. The number of terminal acetylenes is 1. The lowest BCUT2D eigenvalue weighted by Gasteiger charge is -2.19. The lowest BCUT2D eigenvalue weighted by molar-refractivity contribution is -0.122. The minimum absolute atomic E-state index is 0.0831. The van der Waals surface area contributed by atoms with E-state index in [1.165, 1.54) is 0 Å². The first-order chi connectivity index (χ1) is 6.63. The van der Waals surface area contributed by atoms with E-state index in [1.807, 2.05) is 0 Å². The molecule has 1 atom stereocenters. The number of amides is 1. The van der Waals surface area contributed by atoms with Gasteiger partial charge in [0.25, 0.3) is 0 Å². The third-order valence-corrected chi connectivity index (χ3v) is 2.44. The lowest BCUT2D eigenvalue weighted by Crippen LogP contribution is -2.49. The van der Waals surface area contributed by atoms with Crippen LogP contribution in [0.2, 0.25) is 0 Å². The molecule has 1 unspecified atom stereocenters. The molecule has 0 heterocycles. The van der Waals surface area contributed by atoms with Gasteiger partial charge in [-0.15, -0.1) is 6.42 Å². The largest absolute Gasteiger partial charge is 0.394 e. The van der Waals surface area contributed by atoms with Crippen molar-refractivity contribution < 1.29 is 9.90 Å². The molecule has 0 radical (unpaired) electrons. The van der Waals surface area contributed by atoms with Gasteiger partial charge in [-0.05, 0) is 19.8 Å². The van der Waals surface area contributed by atoms with E-state index >= 15 is 0 Å². The van der Waals surface area contributed by atoms with Crippen molar-refractivity contribution in [1.82, 2.24) is 10.6 Å². The fourth-order valence-corrected chi connectivity index (χ4v) is 1.32. The van der Waals surface area contributed by atoms with Gasteiger partial charge >= 0.3 is 0 Å². The maximum Gasteiger partial charge on any atom is 0.237 e. The molecule has 0 aliphatic heterocycles. The van der Waals surface area contributed by atoms with Crippen LogP contribution in [0.15, 0.2) is 0 Å². The van der Waals surface area contributed by atoms with E-state index in [9.17, 15) is 4.79 Å². The molecule has 1 saturated carbocycles. The summed E-state index contributed by atoms with van der Waals surface area (Å²) in [5.74, 6) is 2.21. The second-order valence-electron chi connectivity index (χ2n) is 3.73. The Hall–Kier alpha value is -1.05. The second kappa shape index (κ2) is 4.45. The molecule has 1 fully saturated rings. The van der Waals surface area contributed by atoms with Crippen molar-refractivity contribution in [2.24, 2.45) is 0 Å². The zero-order valence-corrected chi connectivity index (χ0v) is 8.34. The molecule has 14 heavy (non-hydrogen) atoms. The number of hydrogen-bond acceptors (Lipinski definition) is 3. The summed E-state index contributed by atoms with van der Waals surface area (Å²) in [5, 5.41) is 14.7. The Morgan fingerprint density at radius 1 is 1.71 bits per heavy atom. The molecule has 1 aliphatic rings. The van der Waals surface area contributed by atoms with Crippen LogP contribution in [0.25, 0.3) is 0 Å². The van der Waals surface area contributed by atoms with Crippen LogP contribution in [0.3, 0.4) is 0 Å². The SMILES string of the molecule is C#CCNC(=O)C(C)NC1(CO)CC1. The van der Waals surface area contributed by atoms with E-state index in [0.717, 1.165) is 12.8 Å². The number of aliphatic hydroxyl groups is 1. The zero-order valence-electron chi connectivity index (χ0n) is 8.34. The van der Waals surface area contributed by atoms with Crippen LogP contribution in [-0.4, -0.2) is 35.7 Å². The summed E-state index contributed by atoms with van der Waals surface area (Å²) >= 11 is 0. The molecule has 0 aromatic rings. The average Bonchev–Trinajstić information content (AvgIpc) is 2.94. The van der Waals surface area contributed by atoms with Crippen molar-refractivity contribution in [2.75, 3.05) is 13.2 Å². The summed E-state index contributed by atoms with van der Waals surface area (Å²) in [4.78, 5) is 11.4. The quantitative estimate of drug-likeness (QED) is 0.506. The Labute approximate surface area is 84.1 Å². The molecular weight excluding hydrogens is 180 g/mol. The Balaban J connectivity index is 2.31. The van der Waals surface area contributed by atoms with Crippen LogP contribution < -0.4 is 10.6 Å². The molecule has 78 valence electrons. The van der Waals surface area contributed by atoms with Crippen molar-refractivity contribution in [2.45, 2.75) is 31.3 Å². The number of carbonyl (C=O) groups excluding carboxylic acids is 1. The summed E-state index contributed by atoms with van der Waals surface area (Å²) < 4.78 is 0. The van der Waals surface area contributed by atoms with Crippen LogP contribution in [0, 0.1) is 12.3 Å². The Kier molecular flexibility index (Phi) is 3.50. The van der Waals surface area contributed by atoms with E-state index < -0.39 is 0 Å². The van der Waals surface area contributed by atoms with E-state index in [-0.39, 0.29) is 30.6 Å². The van der Waals surface area contributed by atoms with E-state index in [0.29, 0.717) is 0 Å². The average molecular weight is 196 g/mol. The minimum Gasteiger partial charge on any atom is -0.394 e. The summed E-state index contributed by atoms with van der Waals surface area (Å²) in [5.41, 5.74) is -0.215. The monoisotopic (exact) mass is 196 g/mol. The maximum atomic E-state index is 11.4. The number of carbonyl (C=O) groups is 1. The van der Waals surface area contributed by atoms with Crippen molar-refractivity contribution in [1.29, 1.82) is 0 Å². The number of aliphatic hydroxyl groups excluding tert-OH is 1. The normalized spacial score (nSPS) is 19.5. The molecule has 4 heteroatoms. The maximum absolute atomic E-state index is 11.4. The molecule has 4 nitrogen and oxygen atoms in total. The van der Waals surface area contributed by atoms with Gasteiger partial charge < -0.3 is 10.4 Å². The van der Waals surface area contributed by atoms with Gasteiger partial charge in [0.15, 0.2) is 0 Å². The Bertz CT molecular complexity index is 253. The predicted octanol–water partition coefficient (Wildman–Crippen LogP) is -0.761. The molecule has 1 aliphatic carbocycles. The Morgan fingerprint density at radius 3 is 2.79 bits per heavy atom. The van der Waals surface area contributed by atoms with Gasteiger partial charge in [-0.3, -0.25) is 10.1 Å². The van der Waals surface area contributed by atoms with Crippen LogP contribution in [0.1, 0.15) is 19.8 Å². The van der Waals surface area contributed by atoms with Crippen LogP contribution in [-0.2, 0) is 4.79 Å². The molecule has 0 bridgehead atoms. The minimum atomic E-state index is -0.307. The van der Waals surface area contributed by atoms with Crippen molar-refractivity contribution >= 4 is 5.91 Å². The van der Waals surface area contributed by atoms with Gasteiger partial charge in [-0.1, -0.05) is 5.92 Å². The van der Waals surface area contributed by atoms with Crippen molar-refractivity contribution in [3.63, 3.8) is 0 Å². The van der Waals surface area contributed by atoms with Crippen LogP contribution in [0.4, 0.5) is 0 Å². The Morgan fingerprint density at radius 2 is 2.36 bits per heavy atom. The number of nitrogens with one attached hydrogen (secondary N) is 2. The highest BCUT2D eigenvalue weighted by Crippen LogP contribution is 2.34. The van der Waals surface area contributed by atoms with Gasteiger partial charge in [0, 0.05) is 5.54 Å². The highest BCUT2D eigenvalue weighted by molar-refractivity contribution is 5.81. The van der Waals surface area contributed by atoms with Crippen LogP contribution >= 0.6 is 0 Å². The molecule has 3 N–H and O–H groups in total. The van der Waals surface area contributed by atoms with Gasteiger partial charge in [0.1, 0.15) is 0 Å². The number of hydrogen-bond donors (Lipinski definition) is 3. The fourth-order valence-electron chi connectivity index (χ4n) is 1.32. The topological polar surface area (TPSA) is 61.4 Å². The molecule has 1 amide bonds. The van der Waals surface area contributed by atoms with Crippen molar-refractivity contribution in [3.05, 3.63) is 0 Å². The van der Waals surface area contributed by atoms with E-state index in [4.69, 9.17) is 11.5 Å². The smallest absolute Gasteiger partial charge is 0.237 e. The molecule has 1 rings (SSSR count). The molecule has 0 spiro atoms. The first-order valence-corrected chi connectivity index (χ1v) is 4.73. The third kappa shape index (κ3) is 2.72. The van der Waals surface area contributed by atoms with E-state index in [2.05, 4.69) is 16.6 Å².